The highest BCUT2D eigenvalue weighted by Crippen LogP contribution is 2.26. The van der Waals surface area contributed by atoms with Crippen molar-refractivity contribution in [2.45, 2.75) is 38.5 Å². The zero-order valence-electron chi connectivity index (χ0n) is 15.1. The maximum Gasteiger partial charge on any atom is 0.256 e. The number of aromatic nitrogens is 1. The number of nitrogens with zero attached hydrogens (tertiary/aromatic N) is 3. The van der Waals surface area contributed by atoms with E-state index in [2.05, 4.69) is 4.98 Å². The van der Waals surface area contributed by atoms with Crippen molar-refractivity contribution in [2.75, 3.05) is 20.1 Å². The van der Waals surface area contributed by atoms with Gasteiger partial charge < -0.3 is 10.0 Å². The number of likely N-dealkylation sites (N-methyl/N-ethyl adjacent to an activating group) is 1. The normalized spacial score (nSPS) is 20.8. The Morgan fingerprint density at radius 1 is 1.38 bits per heavy atom. The number of amides is 1. The lowest BCUT2D eigenvalue weighted by atomic mass is 9.91. The van der Waals surface area contributed by atoms with E-state index in [0.29, 0.717) is 26.1 Å². The number of thiazole rings is 1. The Morgan fingerprint density at radius 2 is 2.12 bits per heavy atom. The lowest BCUT2D eigenvalue weighted by Gasteiger charge is -2.40. The van der Waals surface area contributed by atoms with Gasteiger partial charge in [-0.05, 0) is 44.5 Å². The molecule has 140 valence electrons. The van der Waals surface area contributed by atoms with E-state index < -0.39 is 5.60 Å². The fourth-order valence-corrected chi connectivity index (χ4v) is 4.23. The van der Waals surface area contributed by atoms with Crippen LogP contribution in [-0.2, 0) is 17.9 Å². The Kier molecular flexibility index (Phi) is 5.70. The fraction of sp³-hybridized carbons (Fsp3) is 0.474. The monoisotopic (exact) mass is 377 g/mol. The van der Waals surface area contributed by atoms with Crippen LogP contribution in [0.15, 0.2) is 29.6 Å². The van der Waals surface area contributed by atoms with E-state index in [0.717, 1.165) is 22.7 Å². The molecule has 7 heteroatoms. The minimum absolute atomic E-state index is 0.254. The molecule has 1 amide bonds. The molecule has 1 atom stereocenters. The lowest BCUT2D eigenvalue weighted by Crippen LogP contribution is -2.57. The number of aliphatic hydroxyl groups is 1. The van der Waals surface area contributed by atoms with Gasteiger partial charge in [0.05, 0.1) is 6.54 Å². The van der Waals surface area contributed by atoms with Crippen LogP contribution >= 0.6 is 11.3 Å². The molecule has 2 heterocycles. The van der Waals surface area contributed by atoms with Gasteiger partial charge in [0.1, 0.15) is 10.8 Å². The highest BCUT2D eigenvalue weighted by Gasteiger charge is 2.42. The van der Waals surface area contributed by atoms with E-state index in [-0.39, 0.29) is 18.3 Å². The van der Waals surface area contributed by atoms with Crippen LogP contribution in [0, 0.1) is 12.7 Å². The molecule has 0 aliphatic carbocycles. The number of aryl methyl sites for hydroxylation is 1. The van der Waals surface area contributed by atoms with Gasteiger partial charge in [-0.2, -0.15) is 0 Å². The Bertz CT molecular complexity index is 764. The Balaban J connectivity index is 1.64. The molecule has 1 aliphatic heterocycles. The molecule has 2 aromatic rings. The van der Waals surface area contributed by atoms with Gasteiger partial charge >= 0.3 is 0 Å². The van der Waals surface area contributed by atoms with Crippen LogP contribution in [0.4, 0.5) is 4.39 Å². The van der Waals surface area contributed by atoms with Gasteiger partial charge in [0.25, 0.3) is 5.91 Å². The second-order valence-corrected chi connectivity index (χ2v) is 7.99. The van der Waals surface area contributed by atoms with Crippen LogP contribution in [0.2, 0.25) is 0 Å². The van der Waals surface area contributed by atoms with Gasteiger partial charge in [-0.3, -0.25) is 9.69 Å². The molecule has 0 radical (unpaired) electrons. The predicted octanol–water partition coefficient (Wildman–Crippen LogP) is 2.58. The minimum Gasteiger partial charge on any atom is -0.379 e. The van der Waals surface area contributed by atoms with Gasteiger partial charge in [0, 0.05) is 30.7 Å². The number of rotatable bonds is 6. The molecule has 0 saturated carbocycles. The lowest BCUT2D eigenvalue weighted by molar-refractivity contribution is -0.160. The first-order chi connectivity index (χ1) is 12.4. The van der Waals surface area contributed by atoms with Crippen molar-refractivity contribution in [1.82, 2.24) is 14.8 Å². The first-order valence-electron chi connectivity index (χ1n) is 8.71. The third-order valence-corrected chi connectivity index (χ3v) is 5.55. The van der Waals surface area contributed by atoms with Crippen molar-refractivity contribution in [3.8, 4) is 0 Å². The van der Waals surface area contributed by atoms with Crippen LogP contribution in [0.1, 0.15) is 29.1 Å². The highest BCUT2D eigenvalue weighted by molar-refractivity contribution is 7.09. The maximum absolute atomic E-state index is 13.1. The molecule has 5 nitrogen and oxygen atoms in total. The summed E-state index contributed by atoms with van der Waals surface area (Å²) in [6, 6.07) is 6.12. The average Bonchev–Trinajstić information content (AvgIpc) is 2.98. The second-order valence-electron chi connectivity index (χ2n) is 7.04. The van der Waals surface area contributed by atoms with Crippen molar-refractivity contribution in [2.24, 2.45) is 0 Å². The van der Waals surface area contributed by atoms with E-state index in [4.69, 9.17) is 0 Å². The van der Waals surface area contributed by atoms with Crippen LogP contribution in [-0.4, -0.2) is 51.5 Å². The maximum atomic E-state index is 13.1. The van der Waals surface area contributed by atoms with Crippen molar-refractivity contribution in [1.29, 1.82) is 0 Å². The Morgan fingerprint density at radius 3 is 2.77 bits per heavy atom. The quantitative estimate of drug-likeness (QED) is 0.841. The van der Waals surface area contributed by atoms with Crippen molar-refractivity contribution in [3.63, 3.8) is 0 Å². The van der Waals surface area contributed by atoms with Crippen molar-refractivity contribution >= 4 is 17.2 Å². The Hall–Kier alpha value is -1.83. The molecule has 1 saturated heterocycles. The molecule has 1 aromatic heterocycles. The number of carbonyl (C=O) groups excluding carboxylic acids is 1. The second kappa shape index (κ2) is 7.82. The molecule has 0 bridgehead atoms. The molecule has 1 aliphatic rings. The number of hydrogen-bond acceptors (Lipinski definition) is 5. The molecule has 1 N–H and O–H groups in total. The number of carbonyl (C=O) groups is 1. The summed E-state index contributed by atoms with van der Waals surface area (Å²) < 4.78 is 13.1. The summed E-state index contributed by atoms with van der Waals surface area (Å²) in [6.45, 7) is 3.81. The molecular weight excluding hydrogens is 353 g/mol. The number of halogens is 1. The largest absolute Gasteiger partial charge is 0.379 e. The molecule has 1 aromatic carbocycles. The third-order valence-electron chi connectivity index (χ3n) is 4.59. The first-order valence-corrected chi connectivity index (χ1v) is 9.59. The molecular formula is C19H24FN3O2S. The molecule has 3 rings (SSSR count). The zero-order valence-corrected chi connectivity index (χ0v) is 15.9. The number of piperidine rings is 1. The summed E-state index contributed by atoms with van der Waals surface area (Å²) in [4.78, 5) is 20.9. The van der Waals surface area contributed by atoms with E-state index in [9.17, 15) is 14.3 Å². The smallest absolute Gasteiger partial charge is 0.256 e. The van der Waals surface area contributed by atoms with Crippen LogP contribution in [0.5, 0.6) is 0 Å². The van der Waals surface area contributed by atoms with Crippen molar-refractivity contribution < 1.29 is 14.3 Å². The van der Waals surface area contributed by atoms with E-state index in [1.165, 1.54) is 12.1 Å². The van der Waals surface area contributed by atoms with Crippen LogP contribution in [0.3, 0.4) is 0 Å². The molecule has 0 spiro atoms. The molecule has 1 fully saturated rings. The average molecular weight is 377 g/mol. The summed E-state index contributed by atoms with van der Waals surface area (Å²) in [7, 11) is 1.89. The SMILES string of the molecule is Cc1csc(CN(C)C[C@@]2(O)CCCN(Cc3ccc(F)cc3)C2=O)n1. The predicted molar refractivity (Wildman–Crippen MR) is 99.2 cm³/mol. The minimum atomic E-state index is -1.39. The van der Waals surface area contributed by atoms with Crippen molar-refractivity contribution in [3.05, 3.63) is 51.7 Å². The summed E-state index contributed by atoms with van der Waals surface area (Å²) >= 11 is 1.58. The van der Waals surface area contributed by atoms with E-state index in [1.54, 1.807) is 28.4 Å². The summed E-state index contributed by atoms with van der Waals surface area (Å²) in [5.74, 6) is -0.551. The summed E-state index contributed by atoms with van der Waals surface area (Å²) in [5, 5.41) is 13.9. The van der Waals surface area contributed by atoms with Crippen LogP contribution in [0.25, 0.3) is 0 Å². The fourth-order valence-electron chi connectivity index (χ4n) is 3.38. The number of benzene rings is 1. The topological polar surface area (TPSA) is 56.7 Å². The standard InChI is InChI=1S/C19H24FN3O2S/c1-14-12-26-17(21-14)11-22(2)13-19(25)8-3-9-23(18(19)24)10-15-4-6-16(20)7-5-15/h4-7,12,25H,3,8-11,13H2,1-2H3/t19-/m0/s1. The number of likely N-dealkylation sites (tertiary alicyclic amines) is 1. The van der Waals surface area contributed by atoms with Gasteiger partial charge in [0.15, 0.2) is 5.60 Å². The van der Waals surface area contributed by atoms with Crippen LogP contribution < -0.4 is 0 Å². The molecule has 26 heavy (non-hydrogen) atoms. The third kappa shape index (κ3) is 4.47. The van der Waals surface area contributed by atoms with Gasteiger partial charge in [-0.25, -0.2) is 9.37 Å². The summed E-state index contributed by atoms with van der Waals surface area (Å²) in [6.07, 6.45) is 1.20. The zero-order chi connectivity index (χ0) is 18.7. The number of hydrogen-bond donors (Lipinski definition) is 1. The van der Waals surface area contributed by atoms with Gasteiger partial charge in [-0.1, -0.05) is 12.1 Å². The Labute approximate surface area is 157 Å². The highest BCUT2D eigenvalue weighted by atomic mass is 32.1. The molecule has 0 unspecified atom stereocenters. The summed E-state index contributed by atoms with van der Waals surface area (Å²) in [5.41, 5.74) is 0.450. The van der Waals surface area contributed by atoms with E-state index >= 15 is 0 Å². The van der Waals surface area contributed by atoms with Gasteiger partial charge in [0.2, 0.25) is 0 Å². The first kappa shape index (κ1) is 18.9. The van der Waals surface area contributed by atoms with Gasteiger partial charge in [-0.15, -0.1) is 11.3 Å². The van der Waals surface area contributed by atoms with E-state index in [1.807, 2.05) is 24.3 Å².